The molecule has 3 heteroatoms. The molecule has 7 rings (SSSR count). The van der Waals surface area contributed by atoms with Crippen molar-refractivity contribution in [3.05, 3.63) is 103 Å². The van der Waals surface area contributed by atoms with Crippen molar-refractivity contribution in [2.24, 2.45) is 0 Å². The van der Waals surface area contributed by atoms with Crippen LogP contribution >= 0.6 is 0 Å². The molecule has 7 aromatic rings. The maximum Gasteiger partial charge on any atom is 0.138 e. The number of imidazole rings is 1. The number of aromatic nitrogens is 3. The lowest BCUT2D eigenvalue weighted by Crippen LogP contribution is -1.84. The van der Waals surface area contributed by atoms with Gasteiger partial charge in [-0.25, -0.2) is 4.98 Å². The standard InChI is InChI=1S/C28H17N3/c1-2-7-19(8-3-1)27-28-23-17-20(21-11-4-9-18-10-6-16-29-26(18)21)14-15-22(23)24-12-5-13-25(30-27)31(24)28/h1-17H. The minimum absolute atomic E-state index is 0.982. The van der Waals surface area contributed by atoms with Crippen LogP contribution in [-0.4, -0.2) is 14.4 Å². The highest BCUT2D eigenvalue weighted by Gasteiger charge is 2.19. The Morgan fingerprint density at radius 2 is 1.52 bits per heavy atom. The summed E-state index contributed by atoms with van der Waals surface area (Å²) in [6.07, 6.45) is 1.86. The molecule has 0 amide bonds. The number of rotatable bonds is 2. The van der Waals surface area contributed by atoms with Crippen molar-refractivity contribution < 1.29 is 0 Å². The van der Waals surface area contributed by atoms with E-state index < -0.39 is 0 Å². The Kier molecular flexibility index (Phi) is 3.27. The number of benzene rings is 3. The Hall–Kier alpha value is -4.24. The van der Waals surface area contributed by atoms with Crippen molar-refractivity contribution in [2.45, 2.75) is 0 Å². The number of fused-ring (bicyclic) bond motifs is 4. The van der Waals surface area contributed by atoms with Crippen LogP contribution in [0.3, 0.4) is 0 Å². The molecule has 0 aliphatic rings. The highest BCUT2D eigenvalue weighted by molar-refractivity contribution is 6.15. The summed E-state index contributed by atoms with van der Waals surface area (Å²) in [6, 6.07) is 34.0. The molecule has 144 valence electrons. The van der Waals surface area contributed by atoms with Gasteiger partial charge < -0.3 is 0 Å². The third kappa shape index (κ3) is 2.29. The van der Waals surface area contributed by atoms with E-state index in [4.69, 9.17) is 4.98 Å². The van der Waals surface area contributed by atoms with Crippen molar-refractivity contribution in [2.75, 3.05) is 0 Å². The molecule has 0 radical (unpaired) electrons. The number of para-hydroxylation sites is 1. The Labute approximate surface area is 178 Å². The van der Waals surface area contributed by atoms with Crippen molar-refractivity contribution >= 4 is 38.4 Å². The average molecular weight is 395 g/mol. The van der Waals surface area contributed by atoms with Gasteiger partial charge in [0.05, 0.1) is 22.2 Å². The topological polar surface area (TPSA) is 30.2 Å². The number of nitrogens with zero attached hydrogens (tertiary/aromatic N) is 3. The fourth-order valence-corrected chi connectivity index (χ4v) is 4.82. The summed E-state index contributed by atoms with van der Waals surface area (Å²) in [7, 11) is 0. The second-order valence-corrected chi connectivity index (χ2v) is 7.92. The minimum atomic E-state index is 0.982. The van der Waals surface area contributed by atoms with Gasteiger partial charge in [-0.15, -0.1) is 0 Å². The van der Waals surface area contributed by atoms with Gasteiger partial charge in [0.1, 0.15) is 5.65 Å². The predicted molar refractivity (Wildman–Crippen MR) is 128 cm³/mol. The lowest BCUT2D eigenvalue weighted by Gasteiger charge is -2.07. The van der Waals surface area contributed by atoms with Crippen molar-refractivity contribution in [1.82, 2.24) is 14.4 Å². The van der Waals surface area contributed by atoms with Gasteiger partial charge in [-0.05, 0) is 29.8 Å². The number of hydrogen-bond donors (Lipinski definition) is 0. The van der Waals surface area contributed by atoms with E-state index in [1.807, 2.05) is 18.3 Å². The van der Waals surface area contributed by atoms with E-state index in [0.717, 1.165) is 33.4 Å². The number of pyridine rings is 2. The second kappa shape index (κ2) is 6.13. The Morgan fingerprint density at radius 1 is 0.645 bits per heavy atom. The average Bonchev–Trinajstić information content (AvgIpc) is 3.39. The Bertz CT molecular complexity index is 1720. The first-order valence-electron chi connectivity index (χ1n) is 10.4. The summed E-state index contributed by atoms with van der Waals surface area (Å²) in [5.41, 5.74) is 8.86. The van der Waals surface area contributed by atoms with Crippen LogP contribution in [0, 0.1) is 0 Å². The molecular formula is C28H17N3. The van der Waals surface area contributed by atoms with E-state index in [1.165, 1.54) is 27.4 Å². The summed E-state index contributed by atoms with van der Waals surface area (Å²) < 4.78 is 2.29. The second-order valence-electron chi connectivity index (χ2n) is 7.92. The van der Waals surface area contributed by atoms with Crippen LogP contribution in [0.15, 0.2) is 103 Å². The minimum Gasteiger partial charge on any atom is -0.292 e. The molecule has 31 heavy (non-hydrogen) atoms. The van der Waals surface area contributed by atoms with Crippen molar-refractivity contribution in [3.63, 3.8) is 0 Å². The highest BCUT2D eigenvalue weighted by atomic mass is 15.0. The first-order valence-corrected chi connectivity index (χ1v) is 10.4. The third-order valence-electron chi connectivity index (χ3n) is 6.19. The summed E-state index contributed by atoms with van der Waals surface area (Å²) >= 11 is 0. The highest BCUT2D eigenvalue weighted by Crippen LogP contribution is 2.39. The SMILES string of the molecule is c1ccc(-c2nc3cccc4c5ccc(-c6cccc7cccnc67)cc5c2n34)cc1. The molecule has 0 aliphatic heterocycles. The van der Waals surface area contributed by atoms with Crippen LogP contribution in [0.4, 0.5) is 0 Å². The molecule has 0 saturated carbocycles. The molecule has 4 aromatic heterocycles. The van der Waals surface area contributed by atoms with Gasteiger partial charge in [0, 0.05) is 33.5 Å². The maximum absolute atomic E-state index is 5.00. The van der Waals surface area contributed by atoms with Gasteiger partial charge in [0.15, 0.2) is 0 Å². The predicted octanol–water partition coefficient (Wildman–Crippen LogP) is 6.96. The third-order valence-corrected chi connectivity index (χ3v) is 6.19. The zero-order valence-electron chi connectivity index (χ0n) is 16.7. The first-order chi connectivity index (χ1) is 15.4. The van der Waals surface area contributed by atoms with E-state index in [-0.39, 0.29) is 0 Å². The maximum atomic E-state index is 5.00. The van der Waals surface area contributed by atoms with E-state index in [0.29, 0.717) is 0 Å². The van der Waals surface area contributed by atoms with E-state index in [2.05, 4.69) is 94.3 Å². The van der Waals surface area contributed by atoms with Crippen LogP contribution < -0.4 is 0 Å². The van der Waals surface area contributed by atoms with E-state index >= 15 is 0 Å². The van der Waals surface area contributed by atoms with Crippen LogP contribution in [0.1, 0.15) is 0 Å². The fraction of sp³-hybridized carbons (Fsp3) is 0. The van der Waals surface area contributed by atoms with Crippen LogP contribution in [-0.2, 0) is 0 Å². The molecule has 0 unspecified atom stereocenters. The van der Waals surface area contributed by atoms with Crippen molar-refractivity contribution in [1.29, 1.82) is 0 Å². The van der Waals surface area contributed by atoms with E-state index in [1.54, 1.807) is 0 Å². The van der Waals surface area contributed by atoms with Crippen molar-refractivity contribution in [3.8, 4) is 22.4 Å². The molecule has 3 aromatic carbocycles. The smallest absolute Gasteiger partial charge is 0.138 e. The molecule has 4 heterocycles. The lowest BCUT2D eigenvalue weighted by molar-refractivity contribution is 1.31. The summed E-state index contributed by atoms with van der Waals surface area (Å²) in [5, 5.41) is 3.62. The van der Waals surface area contributed by atoms with E-state index in [9.17, 15) is 0 Å². The normalized spacial score (nSPS) is 11.9. The summed E-state index contributed by atoms with van der Waals surface area (Å²) in [6.45, 7) is 0. The summed E-state index contributed by atoms with van der Waals surface area (Å²) in [4.78, 5) is 9.66. The largest absolute Gasteiger partial charge is 0.292 e. The Morgan fingerprint density at radius 3 is 2.45 bits per heavy atom. The quantitative estimate of drug-likeness (QED) is 0.317. The fourth-order valence-electron chi connectivity index (χ4n) is 4.82. The van der Waals surface area contributed by atoms with Gasteiger partial charge in [-0.2, -0.15) is 0 Å². The zero-order valence-corrected chi connectivity index (χ0v) is 16.7. The molecule has 0 bridgehead atoms. The summed E-state index contributed by atoms with van der Waals surface area (Å²) in [5.74, 6) is 0. The molecule has 0 saturated heterocycles. The Balaban J connectivity index is 1.60. The van der Waals surface area contributed by atoms with Gasteiger partial charge >= 0.3 is 0 Å². The molecule has 0 spiro atoms. The zero-order chi connectivity index (χ0) is 20.4. The van der Waals surface area contributed by atoms with Crippen LogP contribution in [0.5, 0.6) is 0 Å². The van der Waals surface area contributed by atoms with Gasteiger partial charge in [0.25, 0.3) is 0 Å². The monoisotopic (exact) mass is 395 g/mol. The van der Waals surface area contributed by atoms with Gasteiger partial charge in [0.2, 0.25) is 0 Å². The number of hydrogen-bond acceptors (Lipinski definition) is 2. The van der Waals surface area contributed by atoms with Gasteiger partial charge in [-0.1, -0.05) is 72.8 Å². The molecule has 0 N–H and O–H groups in total. The molecule has 0 fully saturated rings. The lowest BCUT2D eigenvalue weighted by atomic mass is 9.99. The first kappa shape index (κ1) is 16.5. The molecule has 0 atom stereocenters. The van der Waals surface area contributed by atoms with Gasteiger partial charge in [-0.3, -0.25) is 9.38 Å². The molecule has 3 nitrogen and oxygen atoms in total. The molecular weight excluding hydrogens is 378 g/mol. The van der Waals surface area contributed by atoms with Crippen LogP contribution in [0.25, 0.3) is 60.7 Å². The molecule has 0 aliphatic carbocycles. The van der Waals surface area contributed by atoms with Crippen LogP contribution in [0.2, 0.25) is 0 Å².